The maximum absolute atomic E-state index is 13.0. The second kappa shape index (κ2) is 33.5. The van der Waals surface area contributed by atoms with Gasteiger partial charge in [-0.25, -0.2) is 0 Å². The third kappa shape index (κ3) is 23.8. The highest BCUT2D eigenvalue weighted by molar-refractivity contribution is 5.80. The first kappa shape index (κ1) is 49.2. The largest absolute Gasteiger partial charge is 0.394 e. The molecule has 1 amide bonds. The summed E-state index contributed by atoms with van der Waals surface area (Å²) in [5.74, 6) is -0.584. The average Bonchev–Trinajstić information content (AvgIpc) is 3.14. The summed E-state index contributed by atoms with van der Waals surface area (Å²) in [7, 11) is 0. The van der Waals surface area contributed by atoms with E-state index in [4.69, 9.17) is 9.47 Å². The molecule has 10 heteroatoms. The van der Waals surface area contributed by atoms with Gasteiger partial charge in [0.1, 0.15) is 30.5 Å². The van der Waals surface area contributed by atoms with Crippen molar-refractivity contribution in [3.63, 3.8) is 0 Å². The van der Waals surface area contributed by atoms with Crippen LogP contribution in [0.4, 0.5) is 0 Å². The molecule has 0 aromatic rings. The molecular formula is C42H83NO9. The molecule has 310 valence electrons. The summed E-state index contributed by atoms with van der Waals surface area (Å²) in [6.07, 6.45) is 24.4. The molecule has 1 saturated heterocycles. The third-order valence-corrected chi connectivity index (χ3v) is 10.8. The smallest absolute Gasteiger partial charge is 0.249 e. The van der Waals surface area contributed by atoms with Gasteiger partial charge in [-0.2, -0.15) is 0 Å². The van der Waals surface area contributed by atoms with Gasteiger partial charge in [0, 0.05) is 0 Å². The lowest BCUT2D eigenvalue weighted by Gasteiger charge is -2.40. The Labute approximate surface area is 317 Å². The molecule has 8 atom stereocenters. The van der Waals surface area contributed by atoms with E-state index in [1.807, 2.05) is 0 Å². The van der Waals surface area contributed by atoms with Crippen LogP contribution in [-0.4, -0.2) is 98.7 Å². The zero-order valence-corrected chi connectivity index (χ0v) is 33.4. The molecular weight excluding hydrogens is 662 g/mol. The van der Waals surface area contributed by atoms with Crippen molar-refractivity contribution in [1.82, 2.24) is 5.32 Å². The van der Waals surface area contributed by atoms with Gasteiger partial charge in [-0.3, -0.25) is 4.79 Å². The number of rotatable bonds is 36. The van der Waals surface area contributed by atoms with E-state index in [9.17, 15) is 35.4 Å². The molecule has 52 heavy (non-hydrogen) atoms. The van der Waals surface area contributed by atoms with Crippen molar-refractivity contribution in [2.75, 3.05) is 13.2 Å². The number of aliphatic hydroxyl groups excluding tert-OH is 6. The van der Waals surface area contributed by atoms with Gasteiger partial charge in [-0.15, -0.1) is 0 Å². The van der Waals surface area contributed by atoms with Crippen molar-refractivity contribution in [2.24, 2.45) is 0 Å². The summed E-state index contributed by atoms with van der Waals surface area (Å²) in [6.45, 7) is 3.65. The summed E-state index contributed by atoms with van der Waals surface area (Å²) in [6, 6.07) is -0.886. The second-order valence-corrected chi connectivity index (χ2v) is 15.6. The van der Waals surface area contributed by atoms with Gasteiger partial charge in [-0.1, -0.05) is 187 Å². The van der Waals surface area contributed by atoms with Crippen LogP contribution in [-0.2, 0) is 14.3 Å². The van der Waals surface area contributed by atoms with Crippen LogP contribution in [0.25, 0.3) is 0 Å². The van der Waals surface area contributed by atoms with E-state index in [1.165, 1.54) is 128 Å². The molecule has 8 unspecified atom stereocenters. The lowest BCUT2D eigenvalue weighted by atomic mass is 9.99. The van der Waals surface area contributed by atoms with Crippen molar-refractivity contribution in [3.05, 3.63) is 0 Å². The minimum atomic E-state index is -1.59. The molecule has 1 fully saturated rings. The molecule has 0 aromatic heterocycles. The van der Waals surface area contributed by atoms with E-state index in [0.29, 0.717) is 12.8 Å². The van der Waals surface area contributed by atoms with Crippen molar-refractivity contribution in [2.45, 2.75) is 249 Å². The summed E-state index contributed by atoms with van der Waals surface area (Å²) in [5, 5.41) is 64.6. The lowest BCUT2D eigenvalue weighted by molar-refractivity contribution is -0.302. The Morgan fingerprint density at radius 3 is 1.37 bits per heavy atom. The number of aliphatic hydroxyl groups is 6. The summed E-state index contributed by atoms with van der Waals surface area (Å²) in [4.78, 5) is 13.0. The zero-order valence-electron chi connectivity index (χ0n) is 33.4. The van der Waals surface area contributed by atoms with Crippen LogP contribution in [0.1, 0.15) is 200 Å². The number of amides is 1. The van der Waals surface area contributed by atoms with Crippen LogP contribution in [0.15, 0.2) is 0 Å². The Kier molecular flexibility index (Phi) is 31.7. The highest BCUT2D eigenvalue weighted by Gasteiger charge is 2.44. The Morgan fingerprint density at radius 1 is 0.577 bits per heavy atom. The van der Waals surface area contributed by atoms with Crippen molar-refractivity contribution >= 4 is 5.91 Å². The van der Waals surface area contributed by atoms with Crippen molar-refractivity contribution < 1.29 is 44.9 Å². The van der Waals surface area contributed by atoms with Crippen LogP contribution in [0.5, 0.6) is 0 Å². The van der Waals surface area contributed by atoms with E-state index < -0.39 is 61.5 Å². The maximum Gasteiger partial charge on any atom is 0.249 e. The predicted molar refractivity (Wildman–Crippen MR) is 209 cm³/mol. The van der Waals surface area contributed by atoms with E-state index in [2.05, 4.69) is 19.2 Å². The SMILES string of the molecule is CCCCCCCCCCCCCCCCCCCC(O)C(COC1OC(CO)C(O)C(O)C1O)NC(=O)C(O)CCCCCCCCCCCC. The van der Waals surface area contributed by atoms with Crippen LogP contribution >= 0.6 is 0 Å². The molecule has 1 rings (SSSR count). The number of hydrogen-bond donors (Lipinski definition) is 7. The fourth-order valence-electron chi connectivity index (χ4n) is 7.17. The minimum absolute atomic E-state index is 0.250. The quantitative estimate of drug-likeness (QED) is 0.0324. The predicted octanol–water partition coefficient (Wildman–Crippen LogP) is 7.36. The standard InChI is InChI=1S/C42H83NO9/c1-3-5-7-9-11-13-15-16-17-18-19-20-21-23-24-26-28-30-35(45)34(33-51-42-40(49)39(48)38(47)37(32-44)52-42)43-41(50)36(46)31-29-27-25-22-14-12-10-8-6-4-2/h34-40,42,44-49H,3-33H2,1-2H3,(H,43,50). The highest BCUT2D eigenvalue weighted by atomic mass is 16.7. The Hall–Kier alpha value is -0.850. The van der Waals surface area contributed by atoms with Crippen LogP contribution < -0.4 is 5.32 Å². The van der Waals surface area contributed by atoms with Crippen LogP contribution in [0, 0.1) is 0 Å². The van der Waals surface area contributed by atoms with Crippen molar-refractivity contribution in [3.8, 4) is 0 Å². The van der Waals surface area contributed by atoms with Crippen LogP contribution in [0.3, 0.4) is 0 Å². The summed E-state index contributed by atoms with van der Waals surface area (Å²) < 4.78 is 11.2. The fourth-order valence-corrected chi connectivity index (χ4v) is 7.17. The van der Waals surface area contributed by atoms with Gasteiger partial charge in [0.15, 0.2) is 6.29 Å². The van der Waals surface area contributed by atoms with Gasteiger partial charge in [0.2, 0.25) is 5.91 Å². The van der Waals surface area contributed by atoms with E-state index in [1.54, 1.807) is 0 Å². The number of ether oxygens (including phenoxy) is 2. The molecule has 0 spiro atoms. The first-order valence-electron chi connectivity index (χ1n) is 21.8. The molecule has 1 aliphatic heterocycles. The maximum atomic E-state index is 13.0. The van der Waals surface area contributed by atoms with Gasteiger partial charge in [0.25, 0.3) is 0 Å². The Bertz CT molecular complexity index is 803. The van der Waals surface area contributed by atoms with Gasteiger partial charge in [0.05, 0.1) is 25.4 Å². The molecule has 1 heterocycles. The van der Waals surface area contributed by atoms with Crippen LogP contribution in [0.2, 0.25) is 0 Å². The number of carbonyl (C=O) groups is 1. The normalized spacial score (nSPS) is 22.3. The average molecular weight is 746 g/mol. The minimum Gasteiger partial charge on any atom is -0.394 e. The summed E-state index contributed by atoms with van der Waals surface area (Å²) >= 11 is 0. The first-order valence-corrected chi connectivity index (χ1v) is 21.8. The number of hydrogen-bond acceptors (Lipinski definition) is 9. The molecule has 7 N–H and O–H groups in total. The Balaban J connectivity index is 2.40. The zero-order chi connectivity index (χ0) is 38.2. The highest BCUT2D eigenvalue weighted by Crippen LogP contribution is 2.23. The van der Waals surface area contributed by atoms with E-state index in [0.717, 1.165) is 44.9 Å². The molecule has 0 saturated carbocycles. The van der Waals surface area contributed by atoms with Crippen molar-refractivity contribution in [1.29, 1.82) is 0 Å². The first-order chi connectivity index (χ1) is 25.3. The van der Waals surface area contributed by atoms with Gasteiger partial charge >= 0.3 is 0 Å². The molecule has 0 aliphatic carbocycles. The number of carbonyl (C=O) groups excluding carboxylic acids is 1. The molecule has 0 aromatic carbocycles. The van der Waals surface area contributed by atoms with E-state index in [-0.39, 0.29) is 6.61 Å². The van der Waals surface area contributed by atoms with Gasteiger partial charge < -0.3 is 45.4 Å². The van der Waals surface area contributed by atoms with E-state index >= 15 is 0 Å². The monoisotopic (exact) mass is 746 g/mol. The second-order valence-electron chi connectivity index (χ2n) is 15.6. The fraction of sp³-hybridized carbons (Fsp3) is 0.976. The number of nitrogens with one attached hydrogen (secondary N) is 1. The third-order valence-electron chi connectivity index (χ3n) is 10.8. The van der Waals surface area contributed by atoms with Gasteiger partial charge in [-0.05, 0) is 12.8 Å². The molecule has 1 aliphatic rings. The molecule has 10 nitrogen and oxygen atoms in total. The summed E-state index contributed by atoms with van der Waals surface area (Å²) in [5.41, 5.74) is 0. The molecule has 0 radical (unpaired) electrons. The lowest BCUT2D eigenvalue weighted by Crippen LogP contribution is -2.60. The molecule has 0 bridgehead atoms. The Morgan fingerprint density at radius 2 is 0.962 bits per heavy atom. The number of unbranched alkanes of at least 4 members (excludes halogenated alkanes) is 25. The topological polar surface area (TPSA) is 169 Å².